The summed E-state index contributed by atoms with van der Waals surface area (Å²) in [5, 5.41) is 0.638. The molecule has 0 aliphatic carbocycles. The predicted molar refractivity (Wildman–Crippen MR) is 94.5 cm³/mol. The molecule has 1 aromatic carbocycles. The SMILES string of the molecule is CC(C)(C)C1N=C(c2ccc(Cl)cc2)S(=O)(=O)C(C(C)(C)C)O1. The first-order chi connectivity index (χ1) is 10.3. The second kappa shape index (κ2) is 5.87. The molecule has 0 radical (unpaired) electrons. The van der Waals surface area contributed by atoms with Crippen LogP contribution in [0.25, 0.3) is 0 Å². The summed E-state index contributed by atoms with van der Waals surface area (Å²) in [6, 6.07) is 6.71. The van der Waals surface area contributed by atoms with Crippen LogP contribution in [0.1, 0.15) is 47.1 Å². The highest BCUT2D eigenvalue weighted by molar-refractivity contribution is 8.07. The van der Waals surface area contributed by atoms with Crippen LogP contribution in [0.5, 0.6) is 0 Å². The van der Waals surface area contributed by atoms with Crippen molar-refractivity contribution in [2.75, 3.05) is 0 Å². The molecular weight excluding hydrogens is 334 g/mol. The molecule has 1 aliphatic heterocycles. The third kappa shape index (κ3) is 3.78. The van der Waals surface area contributed by atoms with Crippen molar-refractivity contribution >= 4 is 26.5 Å². The minimum Gasteiger partial charge on any atom is -0.336 e. The average Bonchev–Trinajstić information content (AvgIpc) is 2.36. The van der Waals surface area contributed by atoms with E-state index in [1.165, 1.54) is 0 Å². The lowest BCUT2D eigenvalue weighted by atomic mass is 9.93. The molecule has 2 atom stereocenters. The number of halogens is 1. The molecule has 0 fully saturated rings. The quantitative estimate of drug-likeness (QED) is 0.753. The maximum absolute atomic E-state index is 13.0. The number of nitrogens with zero attached hydrogens (tertiary/aromatic N) is 1. The van der Waals surface area contributed by atoms with Gasteiger partial charge in [0, 0.05) is 21.4 Å². The van der Waals surface area contributed by atoms with Gasteiger partial charge < -0.3 is 4.74 Å². The van der Waals surface area contributed by atoms with E-state index in [1.807, 2.05) is 41.5 Å². The topological polar surface area (TPSA) is 55.7 Å². The van der Waals surface area contributed by atoms with Gasteiger partial charge in [0.15, 0.2) is 16.7 Å². The summed E-state index contributed by atoms with van der Waals surface area (Å²) in [4.78, 5) is 4.43. The number of aliphatic imine (C=N–C) groups is 1. The van der Waals surface area contributed by atoms with Crippen molar-refractivity contribution in [2.24, 2.45) is 15.8 Å². The molecule has 23 heavy (non-hydrogen) atoms. The van der Waals surface area contributed by atoms with Gasteiger partial charge in [-0.15, -0.1) is 0 Å². The fraction of sp³-hybridized carbons (Fsp3) is 0.588. The van der Waals surface area contributed by atoms with E-state index in [0.717, 1.165) is 0 Å². The number of ether oxygens (including phenoxy) is 1. The Balaban J connectivity index is 2.64. The van der Waals surface area contributed by atoms with Crippen LogP contribution in [-0.2, 0) is 14.6 Å². The van der Waals surface area contributed by atoms with Crippen LogP contribution in [0.15, 0.2) is 29.3 Å². The third-order valence-corrected chi connectivity index (χ3v) is 6.09. The van der Waals surface area contributed by atoms with E-state index in [4.69, 9.17) is 16.3 Å². The van der Waals surface area contributed by atoms with Gasteiger partial charge in [-0.3, -0.25) is 0 Å². The van der Waals surface area contributed by atoms with Crippen LogP contribution < -0.4 is 0 Å². The summed E-state index contributed by atoms with van der Waals surface area (Å²) < 4.78 is 32.0. The molecule has 1 aliphatic rings. The van der Waals surface area contributed by atoms with Gasteiger partial charge >= 0.3 is 0 Å². The van der Waals surface area contributed by atoms with Crippen molar-refractivity contribution in [1.82, 2.24) is 0 Å². The van der Waals surface area contributed by atoms with Gasteiger partial charge in [0.1, 0.15) is 0 Å². The summed E-state index contributed by atoms with van der Waals surface area (Å²) in [6.07, 6.45) is -0.527. The van der Waals surface area contributed by atoms with E-state index in [-0.39, 0.29) is 10.5 Å². The Hall–Kier alpha value is -0.910. The van der Waals surface area contributed by atoms with Crippen LogP contribution in [0.4, 0.5) is 0 Å². The molecule has 0 amide bonds. The molecular formula is C17H24ClNO3S. The Labute approximate surface area is 143 Å². The molecule has 0 bridgehead atoms. The summed E-state index contributed by atoms with van der Waals surface area (Å²) in [6.45, 7) is 11.5. The Bertz CT molecular complexity index is 710. The standard InChI is InChI=1S/C17H24ClNO3S/c1-16(2,3)14-19-13(11-7-9-12(18)10-8-11)23(20,21)15(22-14)17(4,5)6/h7-10,14-15H,1-6H3. The zero-order valence-corrected chi connectivity index (χ0v) is 16.0. The zero-order chi connectivity index (χ0) is 17.6. The number of rotatable bonds is 1. The van der Waals surface area contributed by atoms with E-state index >= 15 is 0 Å². The smallest absolute Gasteiger partial charge is 0.223 e. The maximum atomic E-state index is 13.0. The molecule has 0 N–H and O–H groups in total. The summed E-state index contributed by atoms with van der Waals surface area (Å²) >= 11 is 5.91. The number of hydrogen-bond acceptors (Lipinski definition) is 4. The van der Waals surface area contributed by atoms with E-state index < -0.39 is 26.9 Å². The largest absolute Gasteiger partial charge is 0.336 e. The molecule has 0 spiro atoms. The third-order valence-electron chi connectivity index (χ3n) is 3.58. The molecule has 1 aromatic rings. The predicted octanol–water partition coefficient (Wildman–Crippen LogP) is 4.28. The number of benzene rings is 1. The Kier molecular flexibility index (Phi) is 4.70. The normalized spacial score (nSPS) is 25.1. The number of sulfone groups is 1. The van der Waals surface area contributed by atoms with Gasteiger partial charge in [0.2, 0.25) is 9.84 Å². The Morgan fingerprint density at radius 1 is 1.00 bits per heavy atom. The van der Waals surface area contributed by atoms with Gasteiger partial charge in [0.05, 0.1) is 0 Å². The first-order valence-corrected chi connectivity index (χ1v) is 9.49. The monoisotopic (exact) mass is 357 g/mol. The fourth-order valence-corrected chi connectivity index (χ4v) is 4.62. The maximum Gasteiger partial charge on any atom is 0.223 e. The lowest BCUT2D eigenvalue weighted by Gasteiger charge is -2.40. The van der Waals surface area contributed by atoms with Crippen molar-refractivity contribution in [2.45, 2.75) is 53.2 Å². The van der Waals surface area contributed by atoms with Gasteiger partial charge in [-0.25, -0.2) is 13.4 Å². The number of hydrogen-bond donors (Lipinski definition) is 0. The average molecular weight is 358 g/mol. The highest BCUT2D eigenvalue weighted by Gasteiger charge is 2.47. The summed E-state index contributed by atoms with van der Waals surface area (Å²) in [5.41, 5.74) is -1.27. The van der Waals surface area contributed by atoms with Gasteiger partial charge in [-0.05, 0) is 12.1 Å². The van der Waals surface area contributed by atoms with Crippen LogP contribution in [0, 0.1) is 10.8 Å². The Morgan fingerprint density at radius 2 is 1.52 bits per heavy atom. The first kappa shape index (κ1) is 18.4. The van der Waals surface area contributed by atoms with E-state index in [0.29, 0.717) is 10.6 Å². The highest BCUT2D eigenvalue weighted by Crippen LogP contribution is 2.38. The molecule has 0 aromatic heterocycles. The second-order valence-corrected chi connectivity index (χ2v) is 10.4. The minimum atomic E-state index is -3.70. The molecule has 1 heterocycles. The summed E-state index contributed by atoms with van der Waals surface area (Å²) in [7, 11) is -3.70. The second-order valence-electron chi connectivity index (χ2n) is 8.04. The van der Waals surface area contributed by atoms with Crippen molar-refractivity contribution in [3.63, 3.8) is 0 Å². The highest BCUT2D eigenvalue weighted by atomic mass is 35.5. The van der Waals surface area contributed by atoms with Crippen LogP contribution >= 0.6 is 11.6 Å². The zero-order valence-electron chi connectivity index (χ0n) is 14.4. The van der Waals surface area contributed by atoms with Crippen LogP contribution in [-0.4, -0.2) is 25.1 Å². The van der Waals surface area contributed by atoms with Crippen molar-refractivity contribution in [3.8, 4) is 0 Å². The minimum absolute atomic E-state index is 0.0836. The van der Waals surface area contributed by atoms with Gasteiger partial charge in [-0.1, -0.05) is 65.3 Å². The lowest BCUT2D eigenvalue weighted by molar-refractivity contribution is -0.0661. The van der Waals surface area contributed by atoms with E-state index in [9.17, 15) is 8.42 Å². The fourth-order valence-electron chi connectivity index (χ4n) is 2.40. The van der Waals surface area contributed by atoms with E-state index in [2.05, 4.69) is 4.99 Å². The molecule has 2 unspecified atom stereocenters. The Morgan fingerprint density at radius 3 is 1.96 bits per heavy atom. The first-order valence-electron chi connectivity index (χ1n) is 7.56. The van der Waals surface area contributed by atoms with Crippen molar-refractivity contribution < 1.29 is 13.2 Å². The molecule has 6 heteroatoms. The summed E-state index contributed by atoms with van der Waals surface area (Å²) in [5.74, 6) is 0. The molecule has 4 nitrogen and oxygen atoms in total. The molecule has 0 saturated heterocycles. The van der Waals surface area contributed by atoms with Crippen LogP contribution in [0.2, 0.25) is 5.02 Å². The lowest BCUT2D eigenvalue weighted by Crippen LogP contribution is -2.49. The molecule has 2 rings (SSSR count). The molecule has 0 saturated carbocycles. The molecule has 128 valence electrons. The van der Waals surface area contributed by atoms with Gasteiger partial charge in [-0.2, -0.15) is 0 Å². The van der Waals surface area contributed by atoms with E-state index in [1.54, 1.807) is 24.3 Å². The van der Waals surface area contributed by atoms with Crippen molar-refractivity contribution in [3.05, 3.63) is 34.9 Å². The van der Waals surface area contributed by atoms with Gasteiger partial charge in [0.25, 0.3) is 0 Å². The van der Waals surface area contributed by atoms with Crippen molar-refractivity contribution in [1.29, 1.82) is 0 Å². The van der Waals surface area contributed by atoms with Crippen LogP contribution in [0.3, 0.4) is 0 Å².